The van der Waals surface area contributed by atoms with Gasteiger partial charge in [-0.1, -0.05) is 18.2 Å². The Morgan fingerprint density at radius 1 is 1.10 bits per heavy atom. The Bertz CT molecular complexity index is 984. The fraction of sp³-hybridized carbons (Fsp3) is 0.304. The zero-order chi connectivity index (χ0) is 20.8. The van der Waals surface area contributed by atoms with Crippen molar-refractivity contribution >= 4 is 16.8 Å². The highest BCUT2D eigenvalue weighted by atomic mass is 16.3. The van der Waals surface area contributed by atoms with Gasteiger partial charge in [-0.25, -0.2) is 0 Å². The fourth-order valence-corrected chi connectivity index (χ4v) is 3.42. The summed E-state index contributed by atoms with van der Waals surface area (Å²) in [5.74, 6) is -0.231. The number of hydrogen-bond donors (Lipinski definition) is 3. The van der Waals surface area contributed by atoms with Crippen molar-refractivity contribution in [1.29, 1.82) is 0 Å². The van der Waals surface area contributed by atoms with Crippen LogP contribution in [0.2, 0.25) is 0 Å². The molecule has 1 amide bonds. The molecule has 6 nitrogen and oxygen atoms in total. The van der Waals surface area contributed by atoms with Crippen molar-refractivity contribution in [2.75, 3.05) is 33.7 Å². The number of aromatic nitrogens is 1. The number of amides is 1. The van der Waals surface area contributed by atoms with E-state index in [4.69, 9.17) is 5.73 Å². The topological polar surface area (TPSA) is 91.5 Å². The summed E-state index contributed by atoms with van der Waals surface area (Å²) in [5.41, 5.74) is 9.83. The SMILES string of the molecule is CN(C)CCCNCCc1c(C(N)=O)cnc2ccc(-c3ccc(O)cc3)cc12. The van der Waals surface area contributed by atoms with Gasteiger partial charge in [-0.2, -0.15) is 0 Å². The molecule has 0 aliphatic heterocycles. The van der Waals surface area contributed by atoms with E-state index in [1.165, 1.54) is 0 Å². The van der Waals surface area contributed by atoms with E-state index in [1.54, 1.807) is 18.3 Å². The minimum atomic E-state index is -0.461. The van der Waals surface area contributed by atoms with Crippen molar-refractivity contribution in [3.8, 4) is 16.9 Å². The molecule has 0 saturated carbocycles. The largest absolute Gasteiger partial charge is 0.508 e. The van der Waals surface area contributed by atoms with E-state index in [9.17, 15) is 9.90 Å². The molecule has 0 fully saturated rings. The number of fused-ring (bicyclic) bond motifs is 1. The number of phenolic OH excluding ortho intramolecular Hbond substituents is 1. The lowest BCUT2D eigenvalue weighted by Crippen LogP contribution is -2.24. The van der Waals surface area contributed by atoms with E-state index in [0.717, 1.165) is 53.6 Å². The number of carbonyl (C=O) groups excluding carboxylic acids is 1. The summed E-state index contributed by atoms with van der Waals surface area (Å²) in [6.07, 6.45) is 3.34. The van der Waals surface area contributed by atoms with Gasteiger partial charge in [0, 0.05) is 11.6 Å². The number of hydrogen-bond acceptors (Lipinski definition) is 5. The standard InChI is InChI=1S/C23H28N4O2/c1-27(2)13-3-11-25-12-10-19-20-14-17(16-4-7-18(28)8-5-16)6-9-22(20)26-15-21(19)23(24)29/h4-9,14-15,25,28H,3,10-13H2,1-2H3,(H2,24,29). The van der Waals surface area contributed by atoms with Gasteiger partial charge in [-0.15, -0.1) is 0 Å². The van der Waals surface area contributed by atoms with Gasteiger partial charge in [0.05, 0.1) is 11.1 Å². The lowest BCUT2D eigenvalue weighted by atomic mass is 9.96. The van der Waals surface area contributed by atoms with Crippen molar-refractivity contribution in [2.24, 2.45) is 5.73 Å². The second-order valence-electron chi connectivity index (χ2n) is 7.45. The van der Waals surface area contributed by atoms with Gasteiger partial charge in [-0.05, 0) is 87.5 Å². The summed E-state index contributed by atoms with van der Waals surface area (Å²) in [6, 6.07) is 13.1. The van der Waals surface area contributed by atoms with Gasteiger partial charge in [0.25, 0.3) is 5.91 Å². The lowest BCUT2D eigenvalue weighted by Gasteiger charge is -2.13. The summed E-state index contributed by atoms with van der Waals surface area (Å²) in [5, 5.41) is 13.9. The third-order valence-corrected chi connectivity index (χ3v) is 4.96. The Kier molecular flexibility index (Phi) is 6.80. The van der Waals surface area contributed by atoms with Crippen molar-refractivity contribution in [1.82, 2.24) is 15.2 Å². The predicted molar refractivity (Wildman–Crippen MR) is 117 cm³/mol. The second-order valence-corrected chi connectivity index (χ2v) is 7.45. The van der Waals surface area contributed by atoms with Crippen LogP contribution < -0.4 is 11.1 Å². The first-order chi connectivity index (χ1) is 14.0. The zero-order valence-corrected chi connectivity index (χ0v) is 17.0. The summed E-state index contributed by atoms with van der Waals surface area (Å²) < 4.78 is 0. The van der Waals surface area contributed by atoms with Crippen LogP contribution >= 0.6 is 0 Å². The van der Waals surface area contributed by atoms with E-state index in [-0.39, 0.29) is 5.75 Å². The number of nitrogens with zero attached hydrogens (tertiary/aromatic N) is 2. The Balaban J connectivity index is 1.88. The Morgan fingerprint density at radius 3 is 2.52 bits per heavy atom. The number of phenols is 1. The smallest absolute Gasteiger partial charge is 0.250 e. The molecule has 6 heteroatoms. The molecule has 0 unspecified atom stereocenters. The molecular formula is C23H28N4O2. The molecule has 0 aliphatic rings. The number of nitrogens with two attached hydrogens (primary N) is 1. The lowest BCUT2D eigenvalue weighted by molar-refractivity contribution is 0.0999. The van der Waals surface area contributed by atoms with Gasteiger partial charge in [-0.3, -0.25) is 9.78 Å². The summed E-state index contributed by atoms with van der Waals surface area (Å²) in [7, 11) is 4.13. The van der Waals surface area contributed by atoms with Crippen molar-refractivity contribution in [3.05, 3.63) is 59.8 Å². The van der Waals surface area contributed by atoms with Crippen LogP contribution in [0.4, 0.5) is 0 Å². The molecule has 0 atom stereocenters. The first-order valence-corrected chi connectivity index (χ1v) is 9.82. The Morgan fingerprint density at radius 2 is 1.83 bits per heavy atom. The van der Waals surface area contributed by atoms with E-state index in [1.807, 2.05) is 30.3 Å². The number of rotatable bonds is 9. The van der Waals surface area contributed by atoms with Crippen LogP contribution in [0.5, 0.6) is 5.75 Å². The van der Waals surface area contributed by atoms with Gasteiger partial charge in [0.2, 0.25) is 0 Å². The quantitative estimate of drug-likeness (QED) is 0.487. The number of carbonyl (C=O) groups is 1. The molecule has 0 saturated heterocycles. The van der Waals surface area contributed by atoms with Crippen LogP contribution in [0.25, 0.3) is 22.0 Å². The average molecular weight is 393 g/mol. The van der Waals surface area contributed by atoms with Gasteiger partial charge >= 0.3 is 0 Å². The maximum absolute atomic E-state index is 12.0. The van der Waals surface area contributed by atoms with Crippen LogP contribution in [0, 0.1) is 0 Å². The predicted octanol–water partition coefficient (Wildman–Crippen LogP) is 2.79. The maximum atomic E-state index is 12.0. The zero-order valence-electron chi connectivity index (χ0n) is 17.0. The monoisotopic (exact) mass is 392 g/mol. The molecule has 0 radical (unpaired) electrons. The molecule has 29 heavy (non-hydrogen) atoms. The van der Waals surface area contributed by atoms with Crippen molar-refractivity contribution in [2.45, 2.75) is 12.8 Å². The molecule has 2 aromatic carbocycles. The molecular weight excluding hydrogens is 364 g/mol. The van der Waals surface area contributed by atoms with Crippen molar-refractivity contribution < 1.29 is 9.90 Å². The number of nitrogens with one attached hydrogen (secondary N) is 1. The molecule has 0 aliphatic carbocycles. The van der Waals surface area contributed by atoms with Crippen molar-refractivity contribution in [3.63, 3.8) is 0 Å². The maximum Gasteiger partial charge on any atom is 0.250 e. The summed E-state index contributed by atoms with van der Waals surface area (Å²) in [4.78, 5) is 18.6. The third-order valence-electron chi connectivity index (χ3n) is 4.96. The Hall–Kier alpha value is -2.96. The molecule has 3 aromatic rings. The van der Waals surface area contributed by atoms with Gasteiger partial charge in [0.1, 0.15) is 5.75 Å². The Labute approximate surface area is 171 Å². The van der Waals surface area contributed by atoms with E-state index in [2.05, 4.69) is 29.3 Å². The summed E-state index contributed by atoms with van der Waals surface area (Å²) >= 11 is 0. The van der Waals surface area contributed by atoms with E-state index in [0.29, 0.717) is 12.0 Å². The number of aromatic hydroxyl groups is 1. The normalized spacial score (nSPS) is 11.3. The minimum absolute atomic E-state index is 0.230. The first-order valence-electron chi connectivity index (χ1n) is 9.82. The van der Waals surface area contributed by atoms with Gasteiger partial charge < -0.3 is 21.1 Å². The second kappa shape index (κ2) is 9.49. The summed E-state index contributed by atoms with van der Waals surface area (Å²) in [6.45, 7) is 2.72. The van der Waals surface area contributed by atoms with Crippen LogP contribution in [-0.2, 0) is 6.42 Å². The molecule has 1 heterocycles. The molecule has 1 aromatic heterocycles. The van der Waals surface area contributed by atoms with Crippen LogP contribution in [-0.4, -0.2) is 54.6 Å². The molecule has 4 N–H and O–H groups in total. The van der Waals surface area contributed by atoms with Gasteiger partial charge in [0.15, 0.2) is 0 Å². The average Bonchev–Trinajstić information content (AvgIpc) is 2.70. The highest BCUT2D eigenvalue weighted by Gasteiger charge is 2.14. The van der Waals surface area contributed by atoms with Crippen LogP contribution in [0.3, 0.4) is 0 Å². The first kappa shape index (κ1) is 20.8. The molecule has 3 rings (SSSR count). The van der Waals surface area contributed by atoms with Crippen LogP contribution in [0.1, 0.15) is 22.3 Å². The number of pyridine rings is 1. The molecule has 0 spiro atoms. The highest BCUT2D eigenvalue weighted by Crippen LogP contribution is 2.28. The third kappa shape index (κ3) is 5.31. The van der Waals surface area contributed by atoms with E-state index < -0.39 is 5.91 Å². The molecule has 0 bridgehead atoms. The molecule has 152 valence electrons. The minimum Gasteiger partial charge on any atom is -0.508 e. The number of primary amides is 1. The van der Waals surface area contributed by atoms with E-state index >= 15 is 0 Å². The highest BCUT2D eigenvalue weighted by molar-refractivity contribution is 6.00. The fourth-order valence-electron chi connectivity index (χ4n) is 3.42. The number of benzene rings is 2. The van der Waals surface area contributed by atoms with Crippen LogP contribution in [0.15, 0.2) is 48.7 Å².